The van der Waals surface area contributed by atoms with Gasteiger partial charge in [-0.15, -0.1) is 11.6 Å². The van der Waals surface area contributed by atoms with Gasteiger partial charge in [0.05, 0.1) is 12.5 Å². The van der Waals surface area contributed by atoms with Crippen molar-refractivity contribution in [3.8, 4) is 0 Å². The minimum atomic E-state index is 0.459. The van der Waals surface area contributed by atoms with Crippen LogP contribution < -0.4 is 4.90 Å². The van der Waals surface area contributed by atoms with Gasteiger partial charge in [-0.05, 0) is 30.9 Å². The highest BCUT2D eigenvalue weighted by Crippen LogP contribution is 2.31. The summed E-state index contributed by atoms with van der Waals surface area (Å²) in [5.74, 6) is 1.06. The lowest BCUT2D eigenvalue weighted by atomic mass is 9.98. The Kier molecular flexibility index (Phi) is 5.16. The number of hydrogen-bond acceptors (Lipinski definition) is 2. The first kappa shape index (κ1) is 14.0. The van der Waals surface area contributed by atoms with Crippen molar-refractivity contribution in [3.05, 3.63) is 28.8 Å². The number of piperidine rings is 1. The third kappa shape index (κ3) is 3.11. The van der Waals surface area contributed by atoms with Gasteiger partial charge in [-0.1, -0.05) is 17.7 Å². The average Bonchev–Trinajstić information content (AvgIpc) is 2.39. The summed E-state index contributed by atoms with van der Waals surface area (Å²) in [7, 11) is 1.77. The minimum Gasteiger partial charge on any atom is -0.384 e. The maximum Gasteiger partial charge on any atom is 0.0509 e. The standard InChI is InChI=1S/C14H19Cl2NO/c1-18-10-11-4-3-7-17(9-11)14-6-2-5-13(16)12(14)8-15/h2,5-6,11H,3-4,7-10H2,1H3. The van der Waals surface area contributed by atoms with Crippen LogP contribution in [0.15, 0.2) is 18.2 Å². The molecule has 0 aromatic heterocycles. The Bertz CT molecular complexity index is 395. The first-order valence-electron chi connectivity index (χ1n) is 6.33. The lowest BCUT2D eigenvalue weighted by Crippen LogP contribution is -2.37. The molecule has 2 rings (SSSR count). The molecule has 0 radical (unpaired) electrons. The highest BCUT2D eigenvalue weighted by Gasteiger charge is 2.22. The molecule has 4 heteroatoms. The number of rotatable bonds is 4. The molecule has 100 valence electrons. The molecule has 0 aliphatic carbocycles. The lowest BCUT2D eigenvalue weighted by molar-refractivity contribution is 0.143. The van der Waals surface area contributed by atoms with E-state index in [0.29, 0.717) is 11.8 Å². The summed E-state index contributed by atoms with van der Waals surface area (Å²) in [6.07, 6.45) is 2.43. The van der Waals surface area contributed by atoms with E-state index < -0.39 is 0 Å². The van der Waals surface area contributed by atoms with Gasteiger partial charge in [0.1, 0.15) is 0 Å². The Hall–Kier alpha value is -0.440. The molecule has 1 aliphatic heterocycles. The Labute approximate surface area is 119 Å². The smallest absolute Gasteiger partial charge is 0.0509 e. The van der Waals surface area contributed by atoms with E-state index in [-0.39, 0.29) is 0 Å². The quantitative estimate of drug-likeness (QED) is 0.778. The molecule has 1 fully saturated rings. The molecular weight excluding hydrogens is 269 g/mol. The fourth-order valence-corrected chi connectivity index (χ4v) is 3.22. The Balaban J connectivity index is 2.18. The molecule has 0 spiro atoms. The van der Waals surface area contributed by atoms with Crippen molar-refractivity contribution in [1.82, 2.24) is 0 Å². The number of benzene rings is 1. The number of alkyl halides is 1. The molecular formula is C14H19Cl2NO. The number of methoxy groups -OCH3 is 1. The fourth-order valence-electron chi connectivity index (χ4n) is 2.63. The van der Waals surface area contributed by atoms with Crippen LogP contribution in [0, 0.1) is 5.92 Å². The summed E-state index contributed by atoms with van der Waals surface area (Å²) in [4.78, 5) is 2.39. The highest BCUT2D eigenvalue weighted by atomic mass is 35.5. The van der Waals surface area contributed by atoms with Gasteiger partial charge in [0.15, 0.2) is 0 Å². The summed E-state index contributed by atoms with van der Waals surface area (Å²) < 4.78 is 5.27. The van der Waals surface area contributed by atoms with E-state index in [2.05, 4.69) is 11.0 Å². The topological polar surface area (TPSA) is 12.5 Å². The normalized spacial score (nSPS) is 20.2. The van der Waals surface area contributed by atoms with Crippen LogP contribution in [0.4, 0.5) is 5.69 Å². The van der Waals surface area contributed by atoms with Gasteiger partial charge in [-0.3, -0.25) is 0 Å². The van der Waals surface area contributed by atoms with Crippen LogP contribution >= 0.6 is 23.2 Å². The van der Waals surface area contributed by atoms with E-state index in [9.17, 15) is 0 Å². The monoisotopic (exact) mass is 287 g/mol. The van der Waals surface area contributed by atoms with Crippen molar-refractivity contribution in [2.75, 3.05) is 31.7 Å². The molecule has 2 nitrogen and oxygen atoms in total. The van der Waals surface area contributed by atoms with Crippen LogP contribution in [0.5, 0.6) is 0 Å². The molecule has 0 N–H and O–H groups in total. The second-order valence-corrected chi connectivity index (χ2v) is 5.46. The summed E-state index contributed by atoms with van der Waals surface area (Å²) in [6, 6.07) is 6.01. The molecule has 1 aliphatic rings. The zero-order chi connectivity index (χ0) is 13.0. The van der Waals surface area contributed by atoms with Crippen molar-refractivity contribution in [2.45, 2.75) is 18.7 Å². The molecule has 0 bridgehead atoms. The first-order valence-corrected chi connectivity index (χ1v) is 7.24. The molecule has 18 heavy (non-hydrogen) atoms. The predicted molar refractivity (Wildman–Crippen MR) is 77.8 cm³/mol. The van der Waals surface area contributed by atoms with Gasteiger partial charge in [0.2, 0.25) is 0 Å². The highest BCUT2D eigenvalue weighted by molar-refractivity contribution is 6.32. The molecule has 1 heterocycles. The van der Waals surface area contributed by atoms with Gasteiger partial charge in [-0.2, -0.15) is 0 Å². The number of hydrogen-bond donors (Lipinski definition) is 0. The van der Waals surface area contributed by atoms with E-state index >= 15 is 0 Å². The van der Waals surface area contributed by atoms with Crippen LogP contribution in [0.25, 0.3) is 0 Å². The van der Waals surface area contributed by atoms with E-state index in [1.54, 1.807) is 7.11 Å². The second kappa shape index (κ2) is 6.65. The maximum atomic E-state index is 6.21. The zero-order valence-electron chi connectivity index (χ0n) is 10.7. The zero-order valence-corrected chi connectivity index (χ0v) is 12.2. The molecule has 1 aromatic rings. The second-order valence-electron chi connectivity index (χ2n) is 4.78. The van der Waals surface area contributed by atoms with Crippen molar-refractivity contribution in [2.24, 2.45) is 5.92 Å². The number of anilines is 1. The maximum absolute atomic E-state index is 6.21. The van der Waals surface area contributed by atoms with E-state index in [1.165, 1.54) is 18.5 Å². The van der Waals surface area contributed by atoms with Crippen molar-refractivity contribution in [3.63, 3.8) is 0 Å². The number of ether oxygens (including phenoxy) is 1. The summed E-state index contributed by atoms with van der Waals surface area (Å²) in [6.45, 7) is 2.93. The third-order valence-corrected chi connectivity index (χ3v) is 4.11. The van der Waals surface area contributed by atoms with Crippen LogP contribution in [0.1, 0.15) is 18.4 Å². The third-order valence-electron chi connectivity index (χ3n) is 3.49. The fraction of sp³-hybridized carbons (Fsp3) is 0.571. The number of halogens is 2. The lowest BCUT2D eigenvalue weighted by Gasteiger charge is -2.35. The molecule has 1 aromatic carbocycles. The Morgan fingerprint density at radius 2 is 2.28 bits per heavy atom. The average molecular weight is 288 g/mol. The predicted octanol–water partition coefficient (Wildman–Crippen LogP) is 3.94. The van der Waals surface area contributed by atoms with Crippen molar-refractivity contribution in [1.29, 1.82) is 0 Å². The SMILES string of the molecule is COCC1CCCN(c2cccc(Cl)c2CCl)C1. The van der Waals surface area contributed by atoms with Gasteiger partial charge < -0.3 is 9.64 Å². The Morgan fingerprint density at radius 3 is 3.00 bits per heavy atom. The van der Waals surface area contributed by atoms with Gasteiger partial charge in [0.25, 0.3) is 0 Å². The molecule has 0 saturated carbocycles. The van der Waals surface area contributed by atoms with Crippen LogP contribution in [-0.2, 0) is 10.6 Å². The minimum absolute atomic E-state index is 0.459. The summed E-state index contributed by atoms with van der Waals surface area (Å²) in [5.41, 5.74) is 2.22. The van der Waals surface area contributed by atoms with Crippen molar-refractivity contribution < 1.29 is 4.74 Å². The Morgan fingerprint density at radius 1 is 1.44 bits per heavy atom. The van der Waals surface area contributed by atoms with Gasteiger partial charge in [-0.25, -0.2) is 0 Å². The number of nitrogens with zero attached hydrogens (tertiary/aromatic N) is 1. The molecule has 0 amide bonds. The summed E-state index contributed by atoms with van der Waals surface area (Å²) in [5, 5.41) is 0.761. The van der Waals surface area contributed by atoms with E-state index in [1.807, 2.05) is 12.1 Å². The van der Waals surface area contributed by atoms with Gasteiger partial charge >= 0.3 is 0 Å². The molecule has 1 unspecified atom stereocenters. The van der Waals surface area contributed by atoms with Crippen LogP contribution in [-0.4, -0.2) is 26.8 Å². The first-order chi connectivity index (χ1) is 8.76. The van der Waals surface area contributed by atoms with Gasteiger partial charge in [0, 0.05) is 36.5 Å². The van der Waals surface area contributed by atoms with Crippen LogP contribution in [0.3, 0.4) is 0 Å². The molecule has 1 atom stereocenters. The van der Waals surface area contributed by atoms with E-state index in [4.69, 9.17) is 27.9 Å². The van der Waals surface area contributed by atoms with Crippen molar-refractivity contribution >= 4 is 28.9 Å². The largest absolute Gasteiger partial charge is 0.384 e. The van der Waals surface area contributed by atoms with E-state index in [0.717, 1.165) is 30.3 Å². The molecule has 1 saturated heterocycles. The summed E-state index contributed by atoms with van der Waals surface area (Å²) >= 11 is 12.2. The van der Waals surface area contributed by atoms with Crippen LogP contribution in [0.2, 0.25) is 5.02 Å².